The van der Waals surface area contributed by atoms with E-state index in [-0.39, 0.29) is 0 Å². The first-order valence-corrected chi connectivity index (χ1v) is 18.8. The molecular formula is C52H39N5. The molecule has 0 spiro atoms. The summed E-state index contributed by atoms with van der Waals surface area (Å²) < 4.78 is 0. The average molecular weight is 734 g/mol. The molecule has 6 aromatic carbocycles. The molecule has 0 bridgehead atoms. The van der Waals surface area contributed by atoms with Crippen molar-refractivity contribution >= 4 is 18.0 Å². The number of pyridine rings is 1. The summed E-state index contributed by atoms with van der Waals surface area (Å²) >= 11 is 0. The molecule has 0 atom stereocenters. The Hall–Kier alpha value is -7.63. The van der Waals surface area contributed by atoms with Gasteiger partial charge in [0.05, 0.1) is 5.70 Å². The maximum absolute atomic E-state index is 5.08. The van der Waals surface area contributed by atoms with E-state index < -0.39 is 0 Å². The van der Waals surface area contributed by atoms with Gasteiger partial charge in [-0.3, -0.25) is 9.98 Å². The fourth-order valence-corrected chi connectivity index (χ4v) is 6.99. The summed E-state index contributed by atoms with van der Waals surface area (Å²) in [5.74, 6) is 1.82. The van der Waals surface area contributed by atoms with E-state index in [4.69, 9.17) is 15.0 Å². The third-order valence-corrected chi connectivity index (χ3v) is 9.90. The monoisotopic (exact) mass is 733 g/mol. The van der Waals surface area contributed by atoms with Gasteiger partial charge in [-0.1, -0.05) is 158 Å². The highest BCUT2D eigenvalue weighted by atomic mass is 15.0. The first kappa shape index (κ1) is 36.4. The summed E-state index contributed by atoms with van der Waals surface area (Å²) in [4.78, 5) is 24.0. The fourth-order valence-electron chi connectivity index (χ4n) is 6.99. The van der Waals surface area contributed by atoms with E-state index in [1.807, 2.05) is 91.1 Å². The molecule has 0 radical (unpaired) electrons. The second kappa shape index (κ2) is 16.8. The molecule has 0 fully saturated rings. The second-order valence-corrected chi connectivity index (χ2v) is 13.5. The van der Waals surface area contributed by atoms with Gasteiger partial charge in [0, 0.05) is 39.9 Å². The van der Waals surface area contributed by atoms with Gasteiger partial charge in [0.25, 0.3) is 0 Å². The lowest BCUT2D eigenvalue weighted by atomic mass is 9.94. The number of nitrogens with zero attached hydrogens (tertiary/aromatic N) is 5. The van der Waals surface area contributed by atoms with Crippen molar-refractivity contribution in [2.75, 3.05) is 0 Å². The SMILES string of the molecule is C=CC/C(C=C)=c1/ccnc/c1=C(/N=C)c1ccc(-c2cc(-c3ccc(-c4ccccc4)cc3)cc(-c3nc(-c4ccccc4)nc(-c4ccccc4)n3)c2)cc1. The van der Waals surface area contributed by atoms with Crippen LogP contribution in [0.5, 0.6) is 0 Å². The summed E-state index contributed by atoms with van der Waals surface area (Å²) in [6.45, 7) is 11.9. The Bertz CT molecular complexity index is 2770. The number of rotatable bonds is 11. The van der Waals surface area contributed by atoms with Crippen LogP contribution in [0.2, 0.25) is 0 Å². The molecule has 0 saturated heterocycles. The lowest BCUT2D eigenvalue weighted by molar-refractivity contribution is 1.07. The summed E-state index contributed by atoms with van der Waals surface area (Å²) in [5, 5.41) is 1.89. The first-order valence-electron chi connectivity index (χ1n) is 18.8. The molecule has 0 unspecified atom stereocenters. The third kappa shape index (κ3) is 7.95. The van der Waals surface area contributed by atoms with Crippen LogP contribution in [0.1, 0.15) is 12.0 Å². The van der Waals surface area contributed by atoms with Crippen molar-refractivity contribution in [3.63, 3.8) is 0 Å². The van der Waals surface area contributed by atoms with Crippen molar-refractivity contribution in [1.82, 2.24) is 19.9 Å². The number of aromatic nitrogens is 4. The van der Waals surface area contributed by atoms with Gasteiger partial charge in [-0.15, -0.1) is 6.58 Å². The van der Waals surface area contributed by atoms with E-state index >= 15 is 0 Å². The molecule has 0 N–H and O–H groups in total. The number of aliphatic imine (C=N–C) groups is 1. The van der Waals surface area contributed by atoms with E-state index in [2.05, 4.69) is 121 Å². The van der Waals surface area contributed by atoms with Gasteiger partial charge in [0.2, 0.25) is 0 Å². The van der Waals surface area contributed by atoms with Gasteiger partial charge in [0.15, 0.2) is 17.5 Å². The molecule has 2 heterocycles. The molecule has 2 aromatic heterocycles. The zero-order valence-corrected chi connectivity index (χ0v) is 31.5. The van der Waals surface area contributed by atoms with E-state index in [9.17, 15) is 0 Å². The molecule has 0 aliphatic heterocycles. The highest BCUT2D eigenvalue weighted by molar-refractivity contribution is 5.82. The number of allylic oxidation sites excluding steroid dienone is 2. The van der Waals surface area contributed by atoms with Gasteiger partial charge < -0.3 is 0 Å². The fraction of sp³-hybridized carbons (Fsp3) is 0.0192. The van der Waals surface area contributed by atoms with E-state index in [1.54, 1.807) is 6.20 Å². The van der Waals surface area contributed by atoms with Crippen LogP contribution in [0.4, 0.5) is 0 Å². The zero-order valence-electron chi connectivity index (χ0n) is 31.5. The van der Waals surface area contributed by atoms with E-state index in [1.165, 1.54) is 5.56 Å². The van der Waals surface area contributed by atoms with E-state index in [0.717, 1.165) is 71.8 Å². The highest BCUT2D eigenvalue weighted by Crippen LogP contribution is 2.35. The molecule has 0 saturated carbocycles. The molecule has 8 rings (SSSR count). The molecule has 0 amide bonds. The maximum Gasteiger partial charge on any atom is 0.164 e. The summed E-state index contributed by atoms with van der Waals surface area (Å²) in [6.07, 6.45) is 8.04. The van der Waals surface area contributed by atoms with Crippen LogP contribution in [-0.4, -0.2) is 26.7 Å². The molecule has 5 nitrogen and oxygen atoms in total. The average Bonchev–Trinajstić information content (AvgIpc) is 3.29. The smallest absolute Gasteiger partial charge is 0.164 e. The van der Waals surface area contributed by atoms with Crippen molar-refractivity contribution in [3.05, 3.63) is 217 Å². The Morgan fingerprint density at radius 3 is 1.40 bits per heavy atom. The third-order valence-electron chi connectivity index (χ3n) is 9.90. The van der Waals surface area contributed by atoms with Gasteiger partial charge >= 0.3 is 0 Å². The van der Waals surface area contributed by atoms with Gasteiger partial charge in [-0.05, 0) is 81.6 Å². The predicted molar refractivity (Wildman–Crippen MR) is 236 cm³/mol. The van der Waals surface area contributed by atoms with Crippen LogP contribution in [0.25, 0.3) is 78.8 Å². The van der Waals surface area contributed by atoms with Crippen molar-refractivity contribution in [1.29, 1.82) is 0 Å². The van der Waals surface area contributed by atoms with E-state index in [0.29, 0.717) is 23.9 Å². The minimum atomic E-state index is 0.590. The largest absolute Gasteiger partial charge is 0.264 e. The van der Waals surface area contributed by atoms with Crippen molar-refractivity contribution in [3.8, 4) is 67.5 Å². The quantitative estimate of drug-likeness (QED) is 0.0981. The Morgan fingerprint density at radius 2 is 0.912 bits per heavy atom. The molecule has 0 aliphatic carbocycles. The predicted octanol–water partition coefficient (Wildman–Crippen LogP) is 11.0. The Labute approximate surface area is 333 Å². The Morgan fingerprint density at radius 1 is 0.474 bits per heavy atom. The molecule has 8 aromatic rings. The molecule has 0 aliphatic rings. The van der Waals surface area contributed by atoms with Crippen LogP contribution in [0.3, 0.4) is 0 Å². The van der Waals surface area contributed by atoms with Crippen LogP contribution >= 0.6 is 0 Å². The molecular weight excluding hydrogens is 695 g/mol. The second-order valence-electron chi connectivity index (χ2n) is 13.5. The number of benzene rings is 6. The lowest BCUT2D eigenvalue weighted by Crippen LogP contribution is -2.29. The summed E-state index contributed by atoms with van der Waals surface area (Å²) in [5.41, 5.74) is 11.9. The highest BCUT2D eigenvalue weighted by Gasteiger charge is 2.15. The van der Waals surface area contributed by atoms with Crippen molar-refractivity contribution in [2.45, 2.75) is 6.42 Å². The summed E-state index contributed by atoms with van der Waals surface area (Å²) in [6, 6.07) is 56.2. The van der Waals surface area contributed by atoms with Crippen LogP contribution in [-0.2, 0) is 0 Å². The normalized spacial score (nSPS) is 12.0. The first-order chi connectivity index (χ1) is 28.1. The van der Waals surface area contributed by atoms with Crippen LogP contribution in [0, 0.1) is 0 Å². The lowest BCUT2D eigenvalue weighted by Gasteiger charge is -2.13. The minimum absolute atomic E-state index is 0.590. The topological polar surface area (TPSA) is 63.9 Å². The molecule has 5 heteroatoms. The van der Waals surface area contributed by atoms with Crippen molar-refractivity contribution < 1.29 is 0 Å². The maximum atomic E-state index is 5.08. The number of hydrogen-bond donors (Lipinski definition) is 0. The zero-order chi connectivity index (χ0) is 39.0. The standard InChI is InChI=1S/C52H39N5/c1-4-15-36(5-2)47-30-31-54-35-48(47)49(53-3)41-28-26-40(27-29-41)45-32-44(39-24-22-38(23-25-39)37-16-9-6-10-17-37)33-46(34-45)52-56-50(42-18-11-7-12-19-42)55-51(57-52)43-20-13-8-14-21-43/h4-14,16-35H,1-3,15H2/b47-36-,49-48-. The summed E-state index contributed by atoms with van der Waals surface area (Å²) in [7, 11) is 0. The van der Waals surface area contributed by atoms with Gasteiger partial charge in [0.1, 0.15) is 0 Å². The number of hydrogen-bond acceptors (Lipinski definition) is 5. The van der Waals surface area contributed by atoms with Crippen LogP contribution < -0.4 is 10.4 Å². The molecule has 57 heavy (non-hydrogen) atoms. The van der Waals surface area contributed by atoms with Gasteiger partial charge in [-0.2, -0.15) is 0 Å². The van der Waals surface area contributed by atoms with Crippen LogP contribution in [0.15, 0.2) is 206 Å². The minimum Gasteiger partial charge on any atom is -0.264 e. The molecule has 272 valence electrons. The van der Waals surface area contributed by atoms with Crippen molar-refractivity contribution in [2.24, 2.45) is 4.99 Å². The Balaban J connectivity index is 1.29. The Kier molecular flexibility index (Phi) is 10.7. The van der Waals surface area contributed by atoms with Gasteiger partial charge in [-0.25, -0.2) is 15.0 Å².